The second-order valence-electron chi connectivity index (χ2n) is 5.78. The van der Waals surface area contributed by atoms with Gasteiger partial charge in [0.2, 0.25) is 16.0 Å². The summed E-state index contributed by atoms with van der Waals surface area (Å²) < 4.78 is 31.7. The van der Waals surface area contributed by atoms with Gasteiger partial charge in [0, 0.05) is 24.8 Å². The van der Waals surface area contributed by atoms with Crippen molar-refractivity contribution >= 4 is 16.0 Å². The van der Waals surface area contributed by atoms with Crippen LogP contribution in [-0.4, -0.2) is 36.8 Å². The van der Waals surface area contributed by atoms with Crippen LogP contribution in [0.15, 0.2) is 12.3 Å². The Morgan fingerprint density at radius 1 is 1.35 bits per heavy atom. The van der Waals surface area contributed by atoms with E-state index in [-0.39, 0.29) is 16.6 Å². The standard InChI is InChI=1S/C13H19N3O3S/c1-13(5-8-19-9-6-13)11-4-7-14-12(15-11)16-20(17,18)10-2-3-10/h4,7,10H,2-3,5-6,8-9H2,1H3,(H,14,15,16). The van der Waals surface area contributed by atoms with E-state index in [9.17, 15) is 8.42 Å². The van der Waals surface area contributed by atoms with E-state index in [4.69, 9.17) is 4.74 Å². The lowest BCUT2D eigenvalue weighted by atomic mass is 9.79. The predicted octanol–water partition coefficient (Wildman–Crippen LogP) is 1.45. The molecule has 110 valence electrons. The Kier molecular flexibility index (Phi) is 3.41. The monoisotopic (exact) mass is 297 g/mol. The average molecular weight is 297 g/mol. The molecule has 0 amide bonds. The van der Waals surface area contributed by atoms with Crippen LogP contribution in [0.5, 0.6) is 0 Å². The van der Waals surface area contributed by atoms with Crippen LogP contribution in [0.1, 0.15) is 38.3 Å². The van der Waals surface area contributed by atoms with Gasteiger partial charge in [0.25, 0.3) is 0 Å². The third-order valence-corrected chi connectivity index (χ3v) is 5.88. The Bertz CT molecular complexity index is 593. The number of ether oxygens (including phenoxy) is 1. The van der Waals surface area contributed by atoms with Crippen molar-refractivity contribution in [2.24, 2.45) is 0 Å². The van der Waals surface area contributed by atoms with Gasteiger partial charge in [-0.15, -0.1) is 0 Å². The van der Waals surface area contributed by atoms with E-state index in [2.05, 4.69) is 21.6 Å². The molecule has 6 nitrogen and oxygen atoms in total. The van der Waals surface area contributed by atoms with Crippen molar-refractivity contribution in [3.05, 3.63) is 18.0 Å². The molecule has 1 aliphatic carbocycles. The molecule has 1 N–H and O–H groups in total. The molecule has 20 heavy (non-hydrogen) atoms. The van der Waals surface area contributed by atoms with E-state index >= 15 is 0 Å². The number of rotatable bonds is 4. The smallest absolute Gasteiger partial charge is 0.237 e. The van der Waals surface area contributed by atoms with Crippen LogP contribution in [0.4, 0.5) is 5.95 Å². The Hall–Kier alpha value is -1.21. The summed E-state index contributed by atoms with van der Waals surface area (Å²) in [7, 11) is -3.31. The maximum absolute atomic E-state index is 11.9. The normalized spacial score (nSPS) is 22.4. The highest BCUT2D eigenvalue weighted by Gasteiger charge is 2.37. The SMILES string of the molecule is CC1(c2ccnc(NS(=O)(=O)C3CC3)n2)CCOCC1. The van der Waals surface area contributed by atoms with Crippen molar-refractivity contribution in [2.45, 2.75) is 43.3 Å². The molecule has 0 aromatic carbocycles. The van der Waals surface area contributed by atoms with E-state index in [0.29, 0.717) is 13.2 Å². The summed E-state index contributed by atoms with van der Waals surface area (Å²) in [6.07, 6.45) is 4.85. The zero-order valence-electron chi connectivity index (χ0n) is 11.5. The molecule has 0 bridgehead atoms. The molecule has 0 radical (unpaired) electrons. The molecule has 1 aromatic rings. The minimum absolute atomic E-state index is 0.0685. The first-order chi connectivity index (χ1) is 9.50. The molecule has 1 saturated carbocycles. The van der Waals surface area contributed by atoms with E-state index < -0.39 is 10.0 Å². The summed E-state index contributed by atoms with van der Waals surface area (Å²) in [5, 5.41) is -0.270. The Balaban J connectivity index is 1.82. The highest BCUT2D eigenvalue weighted by atomic mass is 32.2. The van der Waals surface area contributed by atoms with Gasteiger partial charge >= 0.3 is 0 Å². The Morgan fingerprint density at radius 2 is 2.05 bits per heavy atom. The zero-order chi connectivity index (χ0) is 14.2. The molecule has 7 heteroatoms. The Labute approximate surface area is 119 Å². The molecular formula is C13H19N3O3S. The van der Waals surface area contributed by atoms with Gasteiger partial charge in [-0.1, -0.05) is 6.92 Å². The first-order valence-corrected chi connectivity index (χ1v) is 8.47. The van der Waals surface area contributed by atoms with Crippen molar-refractivity contribution in [3.63, 3.8) is 0 Å². The predicted molar refractivity (Wildman–Crippen MR) is 75.0 cm³/mol. The van der Waals surface area contributed by atoms with Crippen molar-refractivity contribution in [3.8, 4) is 0 Å². The summed E-state index contributed by atoms with van der Waals surface area (Å²) in [6.45, 7) is 3.56. The summed E-state index contributed by atoms with van der Waals surface area (Å²) >= 11 is 0. The third-order valence-electron chi connectivity index (χ3n) is 4.07. The molecule has 0 spiro atoms. The van der Waals surface area contributed by atoms with Gasteiger partial charge in [-0.05, 0) is 31.7 Å². The number of hydrogen-bond acceptors (Lipinski definition) is 5. The number of nitrogens with zero attached hydrogens (tertiary/aromatic N) is 2. The molecule has 0 atom stereocenters. The number of nitrogens with one attached hydrogen (secondary N) is 1. The van der Waals surface area contributed by atoms with Gasteiger partial charge in [0.05, 0.1) is 10.9 Å². The molecule has 1 aromatic heterocycles. The lowest BCUT2D eigenvalue weighted by molar-refractivity contribution is 0.0550. The summed E-state index contributed by atoms with van der Waals surface area (Å²) in [5.74, 6) is 0.183. The highest BCUT2D eigenvalue weighted by Crippen LogP contribution is 2.33. The van der Waals surface area contributed by atoms with Crippen LogP contribution in [0.3, 0.4) is 0 Å². The topological polar surface area (TPSA) is 81.2 Å². The van der Waals surface area contributed by atoms with E-state index in [1.807, 2.05) is 6.07 Å². The first kappa shape index (κ1) is 13.8. The second-order valence-corrected chi connectivity index (χ2v) is 7.75. The second kappa shape index (κ2) is 4.96. The quantitative estimate of drug-likeness (QED) is 0.909. The van der Waals surface area contributed by atoms with Crippen LogP contribution in [0.2, 0.25) is 0 Å². The zero-order valence-corrected chi connectivity index (χ0v) is 12.3. The molecule has 2 fully saturated rings. The minimum Gasteiger partial charge on any atom is -0.381 e. The van der Waals surface area contributed by atoms with Crippen molar-refractivity contribution in [1.82, 2.24) is 9.97 Å². The lowest BCUT2D eigenvalue weighted by Crippen LogP contribution is -2.32. The fourth-order valence-corrected chi connectivity index (χ4v) is 3.69. The fourth-order valence-electron chi connectivity index (χ4n) is 2.41. The summed E-state index contributed by atoms with van der Waals surface area (Å²) in [6, 6.07) is 1.86. The van der Waals surface area contributed by atoms with Gasteiger partial charge in [0.1, 0.15) is 0 Å². The van der Waals surface area contributed by atoms with Crippen molar-refractivity contribution in [2.75, 3.05) is 17.9 Å². The third kappa shape index (κ3) is 2.78. The van der Waals surface area contributed by atoms with Crippen LogP contribution in [0.25, 0.3) is 0 Å². The molecule has 2 aliphatic rings. The maximum atomic E-state index is 11.9. The van der Waals surface area contributed by atoms with E-state index in [1.54, 1.807) is 6.20 Å². The molecule has 1 saturated heterocycles. The number of sulfonamides is 1. The van der Waals surface area contributed by atoms with Gasteiger partial charge in [-0.2, -0.15) is 0 Å². The van der Waals surface area contributed by atoms with Crippen molar-refractivity contribution < 1.29 is 13.2 Å². The molecular weight excluding hydrogens is 278 g/mol. The number of anilines is 1. The molecule has 2 heterocycles. The summed E-state index contributed by atoms with van der Waals surface area (Å²) in [5.41, 5.74) is 0.810. The molecule has 0 unspecified atom stereocenters. The largest absolute Gasteiger partial charge is 0.381 e. The van der Waals surface area contributed by atoms with Crippen molar-refractivity contribution in [1.29, 1.82) is 0 Å². The lowest BCUT2D eigenvalue weighted by Gasteiger charge is -2.32. The van der Waals surface area contributed by atoms with Gasteiger partial charge in [0.15, 0.2) is 0 Å². The fraction of sp³-hybridized carbons (Fsp3) is 0.692. The first-order valence-electron chi connectivity index (χ1n) is 6.93. The van der Waals surface area contributed by atoms with E-state index in [0.717, 1.165) is 31.4 Å². The summed E-state index contributed by atoms with van der Waals surface area (Å²) in [4.78, 5) is 8.43. The average Bonchev–Trinajstić information content (AvgIpc) is 3.24. The maximum Gasteiger partial charge on any atom is 0.237 e. The van der Waals surface area contributed by atoms with Crippen LogP contribution in [0, 0.1) is 0 Å². The Morgan fingerprint density at radius 3 is 2.70 bits per heavy atom. The minimum atomic E-state index is -3.31. The number of aromatic nitrogens is 2. The van der Waals surface area contributed by atoms with Crippen LogP contribution >= 0.6 is 0 Å². The van der Waals surface area contributed by atoms with Gasteiger partial charge < -0.3 is 4.74 Å². The van der Waals surface area contributed by atoms with Crippen LogP contribution in [-0.2, 0) is 20.2 Å². The van der Waals surface area contributed by atoms with Crippen LogP contribution < -0.4 is 4.72 Å². The van der Waals surface area contributed by atoms with E-state index in [1.165, 1.54) is 0 Å². The molecule has 3 rings (SSSR count). The molecule has 1 aliphatic heterocycles. The number of hydrogen-bond donors (Lipinski definition) is 1. The van der Waals surface area contributed by atoms with Gasteiger partial charge in [-0.3, -0.25) is 4.72 Å². The highest BCUT2D eigenvalue weighted by molar-refractivity contribution is 7.93. The van der Waals surface area contributed by atoms with Gasteiger partial charge in [-0.25, -0.2) is 18.4 Å².